The predicted molar refractivity (Wildman–Crippen MR) is 154 cm³/mol. The first kappa shape index (κ1) is 33.5. The Kier molecular flexibility index (Phi) is 15.1. The van der Waals surface area contributed by atoms with Gasteiger partial charge in [0.1, 0.15) is 0 Å². The molecule has 1 aromatic heterocycles. The van der Waals surface area contributed by atoms with Crippen molar-refractivity contribution in [2.45, 2.75) is 53.5 Å². The maximum atomic E-state index is 5.34. The van der Waals surface area contributed by atoms with Gasteiger partial charge in [0.25, 0.3) is 0 Å². The van der Waals surface area contributed by atoms with Crippen LogP contribution >= 0.6 is 0 Å². The van der Waals surface area contributed by atoms with E-state index in [0.29, 0.717) is 5.92 Å². The second kappa shape index (κ2) is 16.3. The van der Waals surface area contributed by atoms with Crippen molar-refractivity contribution in [2.75, 3.05) is 0 Å². The second-order valence-corrected chi connectivity index (χ2v) is 8.28. The van der Waals surface area contributed by atoms with Gasteiger partial charge in [0, 0.05) is 31.5 Å². The van der Waals surface area contributed by atoms with Crippen LogP contribution in [0.15, 0.2) is 84.9 Å². The molecule has 1 atom stereocenters. The number of hydrogen-bond acceptors (Lipinski definition) is 1. The van der Waals surface area contributed by atoms with E-state index in [1.165, 1.54) is 22.3 Å². The Morgan fingerprint density at radius 3 is 1.97 bits per heavy atom. The summed E-state index contributed by atoms with van der Waals surface area (Å²) in [6.07, 6.45) is 0. The largest absolute Gasteiger partial charge is 0.673 e. The van der Waals surface area contributed by atoms with Gasteiger partial charge in [0.05, 0.1) is 0 Å². The molecule has 0 aliphatic rings. The molecule has 4 aromatic rings. The predicted octanol–water partition coefficient (Wildman–Crippen LogP) is 10.0. The van der Waals surface area contributed by atoms with E-state index in [1.54, 1.807) is 0 Å². The van der Waals surface area contributed by atoms with E-state index >= 15 is 0 Å². The molecule has 0 amide bonds. The summed E-state index contributed by atoms with van der Waals surface area (Å²) in [6.45, 7) is 12.7. The van der Waals surface area contributed by atoms with Crippen LogP contribution in [-0.4, -0.2) is 4.98 Å². The summed E-state index contributed by atoms with van der Waals surface area (Å²) >= 11 is 0. The Labute approximate surface area is 239 Å². The third kappa shape index (κ3) is 8.00. The summed E-state index contributed by atoms with van der Waals surface area (Å²) in [5, 5.41) is 5.34. The molecule has 0 N–H and O–H groups in total. The van der Waals surface area contributed by atoms with Gasteiger partial charge in [-0.05, 0) is 43.1 Å². The quantitative estimate of drug-likeness (QED) is 0.152. The number of aromatic nitrogens is 1. The first-order valence-electron chi connectivity index (χ1n) is 11.8. The summed E-state index contributed by atoms with van der Waals surface area (Å²) in [5.74, 6) is 0.398. The molecule has 190 valence electrons. The Morgan fingerprint density at radius 1 is 0.722 bits per heavy atom. The summed E-state index contributed by atoms with van der Waals surface area (Å²) < 4.78 is 0. The van der Waals surface area contributed by atoms with Crippen molar-refractivity contribution in [1.82, 2.24) is 4.98 Å². The summed E-state index contributed by atoms with van der Waals surface area (Å²) in [5.41, 5.74) is 8.79. The molecule has 0 radical (unpaired) electrons. The Morgan fingerprint density at radius 2 is 1.33 bits per heavy atom. The topological polar surface area (TPSA) is 27.0 Å². The molecule has 1 unspecified atom stereocenters. The fourth-order valence-corrected chi connectivity index (χ4v) is 3.95. The number of nitrogens with zero attached hydrogens (tertiary/aromatic N) is 2. The zero-order chi connectivity index (χ0) is 23.8. The van der Waals surface area contributed by atoms with E-state index in [-0.39, 0.29) is 46.7 Å². The average molecular weight is 643 g/mol. The van der Waals surface area contributed by atoms with Crippen molar-refractivity contribution < 1.29 is 25.8 Å². The van der Waals surface area contributed by atoms with Gasteiger partial charge in [-0.3, -0.25) is 0 Å². The normalized spacial score (nSPS) is 10.5. The van der Waals surface area contributed by atoms with Crippen LogP contribution in [-0.2, 0) is 25.8 Å². The number of benzene rings is 3. The van der Waals surface area contributed by atoms with E-state index in [2.05, 4.69) is 88.4 Å². The minimum atomic E-state index is -0.177. The van der Waals surface area contributed by atoms with Crippen LogP contribution in [0.5, 0.6) is 0 Å². The Bertz CT molecular complexity index is 1170. The monoisotopic (exact) mass is 644 g/mol. The van der Waals surface area contributed by atoms with Crippen LogP contribution < -0.4 is 0 Å². The SMILES string of the molecule is CC.Cc1ccccc1C([N-]c1c(C)cccc1C(C)C)c1cccc(-c2[c-]cccc2)n1.[CH3-].[CH3-].[Hf]. The van der Waals surface area contributed by atoms with Crippen molar-refractivity contribution in [3.05, 3.63) is 139 Å². The van der Waals surface area contributed by atoms with E-state index in [4.69, 9.17) is 10.3 Å². The minimum absolute atomic E-state index is 0. The smallest absolute Gasteiger partial charge is 0.0195 e. The van der Waals surface area contributed by atoms with Crippen molar-refractivity contribution in [3.8, 4) is 11.3 Å². The van der Waals surface area contributed by atoms with E-state index < -0.39 is 0 Å². The summed E-state index contributed by atoms with van der Waals surface area (Å²) in [7, 11) is 0. The average Bonchev–Trinajstić information content (AvgIpc) is 2.85. The first-order chi connectivity index (χ1) is 16.0. The van der Waals surface area contributed by atoms with Crippen LogP contribution in [0.2, 0.25) is 0 Å². The van der Waals surface area contributed by atoms with Crippen molar-refractivity contribution in [3.63, 3.8) is 0 Å². The fourth-order valence-electron chi connectivity index (χ4n) is 3.95. The molecule has 3 aromatic carbocycles. The molecule has 1 heterocycles. The van der Waals surface area contributed by atoms with E-state index in [0.717, 1.165) is 22.6 Å². The number of pyridine rings is 1. The molecule has 2 nitrogen and oxygen atoms in total. The zero-order valence-electron chi connectivity index (χ0n) is 23.1. The number of hydrogen-bond donors (Lipinski definition) is 0. The van der Waals surface area contributed by atoms with Crippen molar-refractivity contribution in [1.29, 1.82) is 0 Å². The standard InChI is InChI=1S/C29H28N2.C2H6.2CH3.Hf/c1-20(2)24-17-10-13-22(4)28(24)31-29(25-16-9-8-12-21(25)3)27-19-11-18-26(30-27)23-14-6-5-7-15-23;1-2;;;/h5-14,16-20,29H,1-4H3;1-2H3;2*1H3;/q-2;;2*-1;. The van der Waals surface area contributed by atoms with Gasteiger partial charge in [-0.15, -0.1) is 41.6 Å². The maximum Gasteiger partial charge on any atom is 0.0195 e. The van der Waals surface area contributed by atoms with Gasteiger partial charge in [-0.25, -0.2) is 0 Å². The van der Waals surface area contributed by atoms with Crippen LogP contribution in [0.1, 0.15) is 67.6 Å². The van der Waals surface area contributed by atoms with Gasteiger partial charge in [-0.1, -0.05) is 99.0 Å². The third-order valence-electron chi connectivity index (χ3n) is 5.67. The number of rotatable bonds is 6. The maximum absolute atomic E-state index is 5.34. The fraction of sp³-hybridized carbons (Fsp3) is 0.242. The molecule has 3 heteroatoms. The first-order valence-corrected chi connectivity index (χ1v) is 11.8. The molecule has 0 aliphatic heterocycles. The molecule has 0 fully saturated rings. The van der Waals surface area contributed by atoms with Crippen LogP contribution in [0.3, 0.4) is 0 Å². The van der Waals surface area contributed by atoms with Gasteiger partial charge < -0.3 is 25.2 Å². The molecule has 0 saturated heterocycles. The molecule has 36 heavy (non-hydrogen) atoms. The molecule has 0 bridgehead atoms. The zero-order valence-corrected chi connectivity index (χ0v) is 26.7. The molecular formula is C33H40HfN2-4. The van der Waals surface area contributed by atoms with Gasteiger partial charge in [-0.2, -0.15) is 0 Å². The van der Waals surface area contributed by atoms with Crippen molar-refractivity contribution >= 4 is 5.69 Å². The van der Waals surface area contributed by atoms with Gasteiger partial charge >= 0.3 is 0 Å². The summed E-state index contributed by atoms with van der Waals surface area (Å²) in [6, 6.07) is 32.2. The Balaban J connectivity index is 0.00000239. The van der Waals surface area contributed by atoms with Crippen LogP contribution in [0.25, 0.3) is 16.6 Å². The molecular weight excluding hydrogens is 603 g/mol. The van der Waals surface area contributed by atoms with Gasteiger partial charge in [0.15, 0.2) is 0 Å². The summed E-state index contributed by atoms with van der Waals surface area (Å²) in [4.78, 5) is 5.04. The second-order valence-electron chi connectivity index (χ2n) is 8.28. The Hall–Kier alpha value is -2.52. The molecule has 0 saturated carbocycles. The van der Waals surface area contributed by atoms with Crippen molar-refractivity contribution in [2.24, 2.45) is 0 Å². The molecule has 0 spiro atoms. The van der Waals surface area contributed by atoms with Gasteiger partial charge in [0.2, 0.25) is 0 Å². The van der Waals surface area contributed by atoms with Crippen LogP contribution in [0, 0.1) is 34.8 Å². The number of para-hydroxylation sites is 1. The third-order valence-corrected chi connectivity index (χ3v) is 5.67. The van der Waals surface area contributed by atoms with Crippen LogP contribution in [0.4, 0.5) is 5.69 Å². The van der Waals surface area contributed by atoms with E-state index in [9.17, 15) is 0 Å². The minimum Gasteiger partial charge on any atom is -0.673 e. The molecule has 0 aliphatic carbocycles. The number of aryl methyl sites for hydroxylation is 2. The molecule has 4 rings (SSSR count). The van der Waals surface area contributed by atoms with E-state index in [1.807, 2.05) is 44.2 Å².